The average Bonchev–Trinajstić information content (AvgIpc) is 2.61. The number of carbonyl (C=O) groups is 1. The third-order valence-corrected chi connectivity index (χ3v) is 1.84. The third kappa shape index (κ3) is 3.22. The first-order chi connectivity index (χ1) is 6.74. The molecule has 0 amide bonds. The Kier molecular flexibility index (Phi) is 4.19. The molecule has 0 atom stereocenters. The molecular weight excluding hydrogens is 182 g/mol. The van der Waals surface area contributed by atoms with Crippen molar-refractivity contribution in [3.8, 4) is 0 Å². The van der Waals surface area contributed by atoms with Gasteiger partial charge >= 0.3 is 5.97 Å². The van der Waals surface area contributed by atoms with Crippen molar-refractivity contribution >= 4 is 5.97 Å². The lowest BCUT2D eigenvalue weighted by Gasteiger charge is -2.03. The molecule has 1 aromatic heterocycles. The fourth-order valence-electron chi connectivity index (χ4n) is 1.12. The number of carboxylic acid groups (broad SMARTS) is 1. The number of aromatic nitrogens is 1. The highest BCUT2D eigenvalue weighted by atomic mass is 16.5. The molecule has 4 nitrogen and oxygen atoms in total. The number of carboxylic acids is 1. The summed E-state index contributed by atoms with van der Waals surface area (Å²) in [5, 5.41) is 8.66. The maximum absolute atomic E-state index is 10.5. The Hall–Kier alpha value is -1.29. The van der Waals surface area contributed by atoms with Gasteiger partial charge in [0.25, 0.3) is 0 Å². The number of hydrogen-bond acceptors (Lipinski definition) is 2. The van der Waals surface area contributed by atoms with Gasteiger partial charge in [-0.15, -0.1) is 0 Å². The molecule has 0 saturated carbocycles. The highest BCUT2D eigenvalue weighted by Crippen LogP contribution is 2.00. The smallest absolute Gasteiger partial charge is 0.337 e. The molecule has 0 fully saturated rings. The molecule has 0 aliphatic carbocycles. The number of hydrogen-bond donors (Lipinski definition) is 1. The summed E-state index contributed by atoms with van der Waals surface area (Å²) < 4.78 is 7.11. The quantitative estimate of drug-likeness (QED) is 0.705. The number of rotatable bonds is 6. The van der Waals surface area contributed by atoms with Crippen LogP contribution in [-0.4, -0.2) is 28.9 Å². The first-order valence-electron chi connectivity index (χ1n) is 4.71. The number of ether oxygens (including phenoxy) is 1. The molecular formula is C10H15NO3. The average molecular weight is 197 g/mol. The van der Waals surface area contributed by atoms with Gasteiger partial charge in [-0.3, -0.25) is 0 Å². The van der Waals surface area contributed by atoms with Gasteiger partial charge in [0.2, 0.25) is 0 Å². The van der Waals surface area contributed by atoms with Crippen molar-refractivity contribution in [3.05, 3.63) is 24.0 Å². The van der Waals surface area contributed by atoms with Crippen molar-refractivity contribution in [1.29, 1.82) is 0 Å². The van der Waals surface area contributed by atoms with E-state index < -0.39 is 5.97 Å². The molecule has 1 rings (SSSR count). The van der Waals surface area contributed by atoms with Crippen molar-refractivity contribution in [2.45, 2.75) is 19.9 Å². The van der Waals surface area contributed by atoms with Gasteiger partial charge < -0.3 is 14.4 Å². The molecule has 4 heteroatoms. The first-order valence-corrected chi connectivity index (χ1v) is 4.71. The minimum absolute atomic E-state index is 0.320. The molecule has 1 heterocycles. The molecule has 78 valence electrons. The van der Waals surface area contributed by atoms with Crippen LogP contribution in [0.2, 0.25) is 0 Å². The van der Waals surface area contributed by atoms with Crippen LogP contribution in [0.15, 0.2) is 18.5 Å². The van der Waals surface area contributed by atoms with Gasteiger partial charge in [0.1, 0.15) is 0 Å². The van der Waals surface area contributed by atoms with Crippen molar-refractivity contribution in [2.24, 2.45) is 0 Å². The second-order valence-corrected chi connectivity index (χ2v) is 3.06. The van der Waals surface area contributed by atoms with E-state index in [0.717, 1.165) is 13.0 Å². The summed E-state index contributed by atoms with van der Waals surface area (Å²) >= 11 is 0. The van der Waals surface area contributed by atoms with Crippen LogP contribution in [0.1, 0.15) is 23.7 Å². The predicted octanol–water partition coefficient (Wildman–Crippen LogP) is 1.61. The van der Waals surface area contributed by atoms with Crippen molar-refractivity contribution in [1.82, 2.24) is 4.57 Å². The molecule has 0 bridgehead atoms. The maximum atomic E-state index is 10.5. The fraction of sp³-hybridized carbons (Fsp3) is 0.500. The third-order valence-electron chi connectivity index (χ3n) is 1.84. The zero-order chi connectivity index (χ0) is 10.4. The Labute approximate surface area is 83.1 Å². The largest absolute Gasteiger partial charge is 0.478 e. The van der Waals surface area contributed by atoms with Crippen molar-refractivity contribution in [3.63, 3.8) is 0 Å². The van der Waals surface area contributed by atoms with Gasteiger partial charge in [0.15, 0.2) is 0 Å². The van der Waals surface area contributed by atoms with Crippen LogP contribution in [0.5, 0.6) is 0 Å². The van der Waals surface area contributed by atoms with Gasteiger partial charge in [-0.2, -0.15) is 0 Å². The monoisotopic (exact) mass is 197 g/mol. The Morgan fingerprint density at radius 3 is 2.93 bits per heavy atom. The van der Waals surface area contributed by atoms with Crippen molar-refractivity contribution in [2.75, 3.05) is 13.2 Å². The summed E-state index contributed by atoms with van der Waals surface area (Å²) in [4.78, 5) is 10.5. The lowest BCUT2D eigenvalue weighted by atomic mass is 10.4. The maximum Gasteiger partial charge on any atom is 0.337 e. The fourth-order valence-corrected chi connectivity index (χ4v) is 1.12. The predicted molar refractivity (Wildman–Crippen MR) is 52.5 cm³/mol. The van der Waals surface area contributed by atoms with Crippen molar-refractivity contribution < 1.29 is 14.6 Å². The van der Waals surface area contributed by atoms with Gasteiger partial charge in [0.05, 0.1) is 12.2 Å². The van der Waals surface area contributed by atoms with Crippen LogP contribution in [-0.2, 0) is 11.3 Å². The molecule has 14 heavy (non-hydrogen) atoms. The summed E-state index contributed by atoms with van der Waals surface area (Å²) in [5.74, 6) is -0.891. The molecule has 0 unspecified atom stereocenters. The van der Waals surface area contributed by atoms with E-state index >= 15 is 0 Å². The van der Waals surface area contributed by atoms with Crippen LogP contribution in [0, 0.1) is 0 Å². The van der Waals surface area contributed by atoms with Crippen LogP contribution in [0.25, 0.3) is 0 Å². The molecule has 0 saturated heterocycles. The SMILES string of the molecule is CCCOCCn1ccc(C(=O)O)c1. The Morgan fingerprint density at radius 2 is 2.36 bits per heavy atom. The number of aromatic carboxylic acids is 1. The highest BCUT2D eigenvalue weighted by molar-refractivity contribution is 5.87. The Bertz CT molecular complexity index is 293. The van der Waals surface area contributed by atoms with E-state index in [1.807, 2.05) is 4.57 Å². The summed E-state index contributed by atoms with van der Waals surface area (Å²) in [6, 6.07) is 1.59. The van der Waals surface area contributed by atoms with Gasteiger partial charge in [-0.1, -0.05) is 6.92 Å². The second-order valence-electron chi connectivity index (χ2n) is 3.06. The number of nitrogens with zero attached hydrogens (tertiary/aromatic N) is 1. The van der Waals surface area contributed by atoms with Crippen LogP contribution < -0.4 is 0 Å². The van der Waals surface area contributed by atoms with Crippen LogP contribution in [0.4, 0.5) is 0 Å². The normalized spacial score (nSPS) is 10.4. The second kappa shape index (κ2) is 5.44. The standard InChI is InChI=1S/C10H15NO3/c1-2-6-14-7-5-11-4-3-9(8-11)10(12)13/h3-4,8H,2,5-7H2,1H3,(H,12,13). The molecule has 0 radical (unpaired) electrons. The minimum atomic E-state index is -0.891. The summed E-state index contributed by atoms with van der Waals surface area (Å²) in [6.07, 6.45) is 4.36. The van der Waals surface area contributed by atoms with Gasteiger partial charge in [-0.25, -0.2) is 4.79 Å². The molecule has 0 aliphatic heterocycles. The van der Waals surface area contributed by atoms with Gasteiger partial charge in [-0.05, 0) is 12.5 Å². The lowest BCUT2D eigenvalue weighted by molar-refractivity contribution is 0.0696. The molecule has 1 aromatic rings. The zero-order valence-corrected chi connectivity index (χ0v) is 8.27. The van der Waals surface area contributed by atoms with Crippen LogP contribution >= 0.6 is 0 Å². The summed E-state index contributed by atoms with van der Waals surface area (Å²) in [5.41, 5.74) is 0.320. The molecule has 1 N–H and O–H groups in total. The Balaban J connectivity index is 2.33. The van der Waals surface area contributed by atoms with E-state index in [9.17, 15) is 4.79 Å². The van der Waals surface area contributed by atoms with E-state index in [1.165, 1.54) is 0 Å². The van der Waals surface area contributed by atoms with E-state index in [-0.39, 0.29) is 0 Å². The highest BCUT2D eigenvalue weighted by Gasteiger charge is 2.03. The topological polar surface area (TPSA) is 51.5 Å². The molecule has 0 spiro atoms. The van der Waals surface area contributed by atoms with E-state index in [0.29, 0.717) is 18.7 Å². The minimum Gasteiger partial charge on any atom is -0.478 e. The molecule has 0 aromatic carbocycles. The van der Waals surface area contributed by atoms with Gasteiger partial charge in [0, 0.05) is 25.5 Å². The Morgan fingerprint density at radius 1 is 1.57 bits per heavy atom. The van der Waals surface area contributed by atoms with E-state index in [1.54, 1.807) is 18.5 Å². The lowest BCUT2D eigenvalue weighted by Crippen LogP contribution is -2.04. The van der Waals surface area contributed by atoms with Crippen LogP contribution in [0.3, 0.4) is 0 Å². The van der Waals surface area contributed by atoms with E-state index in [4.69, 9.17) is 9.84 Å². The zero-order valence-electron chi connectivity index (χ0n) is 8.27. The first kappa shape index (κ1) is 10.8. The molecule has 0 aliphatic rings. The summed E-state index contributed by atoms with van der Waals surface area (Å²) in [6.45, 7) is 4.14. The van der Waals surface area contributed by atoms with E-state index in [2.05, 4.69) is 6.92 Å². The summed E-state index contributed by atoms with van der Waals surface area (Å²) in [7, 11) is 0.